The van der Waals surface area contributed by atoms with E-state index in [1.54, 1.807) is 22.7 Å². The van der Waals surface area contributed by atoms with Gasteiger partial charge in [-0.05, 0) is 13.0 Å². The van der Waals surface area contributed by atoms with Crippen molar-refractivity contribution in [3.05, 3.63) is 18.5 Å². The van der Waals surface area contributed by atoms with Gasteiger partial charge in [0.15, 0.2) is 0 Å². The van der Waals surface area contributed by atoms with Crippen LogP contribution in [0.2, 0.25) is 0 Å². The van der Waals surface area contributed by atoms with Gasteiger partial charge in [0.05, 0.1) is 6.61 Å². The number of rotatable bonds is 5. The van der Waals surface area contributed by atoms with Gasteiger partial charge in [-0.2, -0.15) is 5.10 Å². The summed E-state index contributed by atoms with van der Waals surface area (Å²) < 4.78 is 6.73. The summed E-state index contributed by atoms with van der Waals surface area (Å²) in [6, 6.07) is 1.30. The summed E-state index contributed by atoms with van der Waals surface area (Å²) in [5.74, 6) is -0.382. The summed E-state index contributed by atoms with van der Waals surface area (Å²) in [4.78, 5) is 25.7. The Labute approximate surface area is 117 Å². The van der Waals surface area contributed by atoms with Crippen LogP contribution in [0.25, 0.3) is 0 Å². The van der Waals surface area contributed by atoms with Gasteiger partial charge >= 0.3 is 5.97 Å². The second kappa shape index (κ2) is 7.04. The molecule has 1 N–H and O–H groups in total. The van der Waals surface area contributed by atoms with Gasteiger partial charge in [0.2, 0.25) is 5.91 Å². The highest BCUT2D eigenvalue weighted by molar-refractivity contribution is 5.85. The second-order valence-corrected chi connectivity index (χ2v) is 4.58. The number of nitrogens with zero attached hydrogens (tertiary/aromatic N) is 3. The molecular weight excluding hydrogens is 260 g/mol. The van der Waals surface area contributed by atoms with Crippen LogP contribution in [0.15, 0.2) is 18.5 Å². The molecule has 2 rings (SSSR count). The van der Waals surface area contributed by atoms with Crippen LogP contribution in [-0.2, 0) is 20.9 Å². The third-order valence-electron chi connectivity index (χ3n) is 3.24. The van der Waals surface area contributed by atoms with E-state index in [-0.39, 0.29) is 11.9 Å². The second-order valence-electron chi connectivity index (χ2n) is 4.58. The van der Waals surface area contributed by atoms with Gasteiger partial charge in [-0.15, -0.1) is 0 Å². The van der Waals surface area contributed by atoms with Crippen LogP contribution < -0.4 is 5.32 Å². The van der Waals surface area contributed by atoms with E-state index in [1.165, 1.54) is 0 Å². The maximum Gasteiger partial charge on any atom is 0.330 e. The fourth-order valence-corrected chi connectivity index (χ4v) is 2.24. The number of carbonyl (C=O) groups is 2. The highest BCUT2D eigenvalue weighted by Crippen LogP contribution is 2.08. The number of ether oxygens (including phenoxy) is 1. The molecule has 0 aromatic carbocycles. The lowest BCUT2D eigenvalue weighted by Crippen LogP contribution is -2.57. The van der Waals surface area contributed by atoms with Crippen molar-refractivity contribution in [2.45, 2.75) is 25.9 Å². The Balaban J connectivity index is 1.92. The van der Waals surface area contributed by atoms with Gasteiger partial charge < -0.3 is 15.0 Å². The molecular formula is C13H20N4O3. The number of esters is 1. The molecule has 0 radical (unpaired) electrons. The molecule has 1 aromatic heterocycles. The number of aromatic nitrogens is 2. The minimum atomic E-state index is -0.520. The maximum atomic E-state index is 12.3. The van der Waals surface area contributed by atoms with E-state index in [1.807, 2.05) is 12.3 Å². The van der Waals surface area contributed by atoms with Crippen LogP contribution in [0.3, 0.4) is 0 Å². The van der Waals surface area contributed by atoms with E-state index in [0.29, 0.717) is 39.2 Å². The zero-order chi connectivity index (χ0) is 14.4. The molecule has 7 nitrogen and oxygen atoms in total. The van der Waals surface area contributed by atoms with Crippen LogP contribution in [0, 0.1) is 0 Å². The first-order chi connectivity index (χ1) is 9.72. The standard InChI is InChI=1S/C13H20N4O3/c1-2-20-13(19)11-10-14-6-9-17(11)12(18)4-8-16-7-3-5-15-16/h3,5,7,11,14H,2,4,6,8-10H2,1H3. The molecule has 1 aliphatic heterocycles. The van der Waals surface area contributed by atoms with Gasteiger partial charge in [-0.3, -0.25) is 9.48 Å². The Hall–Kier alpha value is -1.89. The summed E-state index contributed by atoms with van der Waals surface area (Å²) in [5, 5.41) is 7.18. The smallest absolute Gasteiger partial charge is 0.330 e. The van der Waals surface area contributed by atoms with Crippen molar-refractivity contribution in [2.24, 2.45) is 0 Å². The van der Waals surface area contributed by atoms with Crippen molar-refractivity contribution in [3.63, 3.8) is 0 Å². The van der Waals surface area contributed by atoms with E-state index in [9.17, 15) is 9.59 Å². The molecule has 0 aliphatic carbocycles. The zero-order valence-corrected chi connectivity index (χ0v) is 11.6. The number of amides is 1. The third kappa shape index (κ3) is 3.57. The van der Waals surface area contributed by atoms with Crippen molar-refractivity contribution < 1.29 is 14.3 Å². The first kappa shape index (κ1) is 14.5. The molecule has 1 aliphatic rings. The van der Waals surface area contributed by atoms with Crippen LogP contribution in [-0.4, -0.2) is 58.8 Å². The molecule has 0 spiro atoms. The van der Waals surface area contributed by atoms with Crippen LogP contribution in [0.1, 0.15) is 13.3 Å². The Kier molecular flexibility index (Phi) is 5.11. The molecule has 7 heteroatoms. The molecule has 0 bridgehead atoms. The largest absolute Gasteiger partial charge is 0.464 e. The molecule has 20 heavy (non-hydrogen) atoms. The summed E-state index contributed by atoms with van der Waals surface area (Å²) in [6.45, 7) is 4.28. The first-order valence-electron chi connectivity index (χ1n) is 6.86. The topological polar surface area (TPSA) is 76.5 Å². The molecule has 0 saturated carbocycles. The SMILES string of the molecule is CCOC(=O)C1CNCCN1C(=O)CCn1cccn1. The monoisotopic (exact) mass is 280 g/mol. The number of carbonyl (C=O) groups excluding carboxylic acids is 2. The molecule has 1 atom stereocenters. The van der Waals surface area contributed by atoms with Gasteiger partial charge in [0.25, 0.3) is 0 Å². The minimum absolute atomic E-state index is 0.0416. The van der Waals surface area contributed by atoms with Crippen molar-refractivity contribution in [3.8, 4) is 0 Å². The fraction of sp³-hybridized carbons (Fsp3) is 0.615. The summed E-state index contributed by atoms with van der Waals surface area (Å²) in [6.07, 6.45) is 3.82. The quantitative estimate of drug-likeness (QED) is 0.745. The lowest BCUT2D eigenvalue weighted by molar-refractivity contribution is -0.155. The highest BCUT2D eigenvalue weighted by atomic mass is 16.5. The lowest BCUT2D eigenvalue weighted by Gasteiger charge is -2.34. The highest BCUT2D eigenvalue weighted by Gasteiger charge is 2.32. The summed E-state index contributed by atoms with van der Waals surface area (Å²) in [5.41, 5.74) is 0. The summed E-state index contributed by atoms with van der Waals surface area (Å²) >= 11 is 0. The fourth-order valence-electron chi connectivity index (χ4n) is 2.24. The van der Waals surface area contributed by atoms with Crippen molar-refractivity contribution in [1.82, 2.24) is 20.0 Å². The van der Waals surface area contributed by atoms with Gasteiger partial charge in [-0.1, -0.05) is 0 Å². The predicted molar refractivity (Wildman–Crippen MR) is 71.8 cm³/mol. The van der Waals surface area contributed by atoms with Gasteiger partial charge in [0.1, 0.15) is 6.04 Å². The Morgan fingerprint density at radius 2 is 2.35 bits per heavy atom. The normalized spacial score (nSPS) is 18.9. The molecule has 1 amide bonds. The van der Waals surface area contributed by atoms with Crippen molar-refractivity contribution in [2.75, 3.05) is 26.2 Å². The number of hydrogen-bond donors (Lipinski definition) is 1. The average Bonchev–Trinajstić information content (AvgIpc) is 2.98. The van der Waals surface area contributed by atoms with E-state index in [4.69, 9.17) is 4.74 Å². The molecule has 1 saturated heterocycles. The average molecular weight is 280 g/mol. The Morgan fingerprint density at radius 3 is 3.05 bits per heavy atom. The van der Waals surface area contributed by atoms with Crippen LogP contribution in [0.5, 0.6) is 0 Å². The van der Waals surface area contributed by atoms with Crippen LogP contribution >= 0.6 is 0 Å². The van der Waals surface area contributed by atoms with Crippen LogP contribution in [0.4, 0.5) is 0 Å². The van der Waals surface area contributed by atoms with Gasteiger partial charge in [0, 0.05) is 45.0 Å². The predicted octanol–water partition coefficient (Wildman–Crippen LogP) is -0.363. The molecule has 2 heterocycles. The molecule has 110 valence electrons. The Morgan fingerprint density at radius 1 is 1.50 bits per heavy atom. The summed E-state index contributed by atoms with van der Waals surface area (Å²) in [7, 11) is 0. The van der Waals surface area contributed by atoms with E-state index in [2.05, 4.69) is 10.4 Å². The minimum Gasteiger partial charge on any atom is -0.464 e. The zero-order valence-electron chi connectivity index (χ0n) is 11.6. The third-order valence-corrected chi connectivity index (χ3v) is 3.24. The van der Waals surface area contributed by atoms with Crippen molar-refractivity contribution >= 4 is 11.9 Å². The molecule has 1 fully saturated rings. The number of piperazine rings is 1. The van der Waals surface area contributed by atoms with Gasteiger partial charge in [-0.25, -0.2) is 4.79 Å². The molecule has 1 aromatic rings. The van der Waals surface area contributed by atoms with E-state index in [0.717, 1.165) is 0 Å². The lowest BCUT2D eigenvalue weighted by atomic mass is 10.1. The molecule has 1 unspecified atom stereocenters. The number of hydrogen-bond acceptors (Lipinski definition) is 5. The number of aryl methyl sites for hydroxylation is 1. The number of nitrogens with one attached hydrogen (secondary N) is 1. The maximum absolute atomic E-state index is 12.3. The van der Waals surface area contributed by atoms with E-state index < -0.39 is 6.04 Å². The van der Waals surface area contributed by atoms with Crippen molar-refractivity contribution in [1.29, 1.82) is 0 Å². The van der Waals surface area contributed by atoms with E-state index >= 15 is 0 Å². The Bertz CT molecular complexity index is 446. The first-order valence-corrected chi connectivity index (χ1v) is 6.86.